The highest BCUT2D eigenvalue weighted by molar-refractivity contribution is 5.93. The van der Waals surface area contributed by atoms with Crippen LogP contribution < -0.4 is 10.6 Å². The van der Waals surface area contributed by atoms with Crippen molar-refractivity contribution in [2.24, 2.45) is 0 Å². The van der Waals surface area contributed by atoms with Gasteiger partial charge in [0.15, 0.2) is 0 Å². The number of nitrogens with one attached hydrogen (secondary N) is 2. The lowest BCUT2D eigenvalue weighted by Crippen LogP contribution is -2.28. The molecule has 0 fully saturated rings. The number of carboxylic acid groups (broad SMARTS) is 1. The van der Waals surface area contributed by atoms with Gasteiger partial charge in [-0.25, -0.2) is 9.59 Å². The van der Waals surface area contributed by atoms with Crippen LogP contribution in [0.2, 0.25) is 0 Å². The van der Waals surface area contributed by atoms with Crippen molar-refractivity contribution < 1.29 is 19.1 Å². The number of hydrogen-bond donors (Lipinski definition) is 3. The lowest BCUT2D eigenvalue weighted by atomic mass is 10.1. The number of anilines is 1. The van der Waals surface area contributed by atoms with Crippen molar-refractivity contribution in [1.29, 1.82) is 0 Å². The first-order valence-electron chi connectivity index (χ1n) is 5.97. The average molecular weight is 274 g/mol. The molecule has 2 amide bonds. The molecule has 0 aliphatic heterocycles. The first-order chi connectivity index (χ1) is 9.56. The van der Waals surface area contributed by atoms with Crippen molar-refractivity contribution >= 4 is 17.7 Å². The molecule has 20 heavy (non-hydrogen) atoms. The minimum atomic E-state index is -1.04. The summed E-state index contributed by atoms with van der Waals surface area (Å²) in [4.78, 5) is 22.6. The zero-order valence-corrected chi connectivity index (χ0v) is 10.8. The summed E-state index contributed by atoms with van der Waals surface area (Å²) < 4.78 is 5.09. The first-order valence-corrected chi connectivity index (χ1v) is 5.97. The molecule has 104 valence electrons. The van der Waals surface area contributed by atoms with Gasteiger partial charge in [-0.2, -0.15) is 0 Å². The Morgan fingerprint density at radius 2 is 2.10 bits per heavy atom. The minimum absolute atomic E-state index is 0.122. The largest absolute Gasteiger partial charge is 0.478 e. The number of amides is 2. The Morgan fingerprint density at radius 1 is 1.30 bits per heavy atom. The molecule has 2 aromatic rings. The highest BCUT2D eigenvalue weighted by Gasteiger charge is 2.09. The molecular formula is C14H14N2O4. The molecular weight excluding hydrogens is 260 g/mol. The number of carbonyl (C=O) groups excluding carboxylic acids is 1. The topological polar surface area (TPSA) is 91.6 Å². The second-order valence-corrected chi connectivity index (χ2v) is 4.22. The third kappa shape index (κ3) is 3.38. The van der Waals surface area contributed by atoms with Crippen molar-refractivity contribution in [3.63, 3.8) is 0 Å². The summed E-state index contributed by atoms with van der Waals surface area (Å²) in [6, 6.07) is 7.61. The Balaban J connectivity index is 2.00. The van der Waals surface area contributed by atoms with E-state index in [0.717, 1.165) is 5.56 Å². The molecule has 1 aromatic heterocycles. The van der Waals surface area contributed by atoms with Crippen molar-refractivity contribution in [2.75, 3.05) is 5.32 Å². The molecule has 0 saturated carbocycles. The van der Waals surface area contributed by atoms with Crippen LogP contribution in [0.3, 0.4) is 0 Å². The number of aryl methyl sites for hydroxylation is 1. The molecule has 0 saturated heterocycles. The van der Waals surface area contributed by atoms with Gasteiger partial charge in [-0.15, -0.1) is 0 Å². The fraction of sp³-hybridized carbons (Fsp3) is 0.143. The molecule has 1 heterocycles. The number of furan rings is 1. The summed E-state index contributed by atoms with van der Waals surface area (Å²) in [5, 5.41) is 14.2. The van der Waals surface area contributed by atoms with Gasteiger partial charge in [-0.3, -0.25) is 0 Å². The lowest BCUT2D eigenvalue weighted by Gasteiger charge is -2.10. The van der Waals surface area contributed by atoms with Gasteiger partial charge >= 0.3 is 12.0 Å². The molecule has 0 spiro atoms. The van der Waals surface area contributed by atoms with Crippen LogP contribution in [0.15, 0.2) is 41.0 Å². The lowest BCUT2D eigenvalue weighted by molar-refractivity contribution is 0.0697. The zero-order valence-electron chi connectivity index (χ0n) is 10.8. The first kappa shape index (κ1) is 13.7. The molecule has 0 unspecified atom stereocenters. The maximum atomic E-state index is 11.7. The van der Waals surface area contributed by atoms with Crippen LogP contribution in [0, 0.1) is 6.92 Å². The molecule has 6 heteroatoms. The molecule has 1 aromatic carbocycles. The van der Waals surface area contributed by atoms with Crippen LogP contribution in [-0.2, 0) is 6.54 Å². The van der Waals surface area contributed by atoms with Gasteiger partial charge in [-0.1, -0.05) is 6.07 Å². The van der Waals surface area contributed by atoms with E-state index in [9.17, 15) is 9.59 Å². The second kappa shape index (κ2) is 5.92. The maximum absolute atomic E-state index is 11.7. The zero-order chi connectivity index (χ0) is 14.5. The predicted octanol–water partition coefficient (Wildman–Crippen LogP) is 2.61. The van der Waals surface area contributed by atoms with Crippen LogP contribution in [-0.4, -0.2) is 17.1 Å². The third-order valence-electron chi connectivity index (χ3n) is 2.74. The fourth-order valence-corrected chi connectivity index (χ4v) is 1.64. The predicted molar refractivity (Wildman–Crippen MR) is 72.7 cm³/mol. The summed E-state index contributed by atoms with van der Waals surface area (Å²) in [7, 11) is 0. The number of carbonyl (C=O) groups is 2. The molecule has 0 bridgehead atoms. The highest BCUT2D eigenvalue weighted by Crippen LogP contribution is 2.16. The number of benzene rings is 1. The van der Waals surface area contributed by atoms with Crippen LogP contribution in [0.4, 0.5) is 10.5 Å². The number of rotatable bonds is 4. The van der Waals surface area contributed by atoms with Gasteiger partial charge in [0.1, 0.15) is 5.76 Å². The van der Waals surface area contributed by atoms with Gasteiger partial charge in [0.2, 0.25) is 0 Å². The number of carboxylic acids is 1. The van der Waals surface area contributed by atoms with Crippen LogP contribution in [0.25, 0.3) is 0 Å². The number of urea groups is 1. The summed E-state index contributed by atoms with van der Waals surface area (Å²) in [5.74, 6) is -0.403. The van der Waals surface area contributed by atoms with Crippen LogP contribution in [0.1, 0.15) is 21.7 Å². The van der Waals surface area contributed by atoms with E-state index < -0.39 is 12.0 Å². The molecule has 0 aliphatic carbocycles. The van der Waals surface area contributed by atoms with E-state index >= 15 is 0 Å². The normalized spacial score (nSPS) is 10.1. The minimum Gasteiger partial charge on any atom is -0.478 e. The maximum Gasteiger partial charge on any atom is 0.335 e. The standard InChI is InChI=1S/C14H14N2O4/c1-9-4-5-10(13(17)18)7-12(9)16-14(19)15-8-11-3-2-6-20-11/h2-7H,8H2,1H3,(H,17,18)(H2,15,16,19). The monoisotopic (exact) mass is 274 g/mol. The molecule has 0 atom stereocenters. The van der Waals surface area contributed by atoms with Gasteiger partial charge in [0, 0.05) is 5.69 Å². The van der Waals surface area contributed by atoms with E-state index in [1.54, 1.807) is 25.1 Å². The van der Waals surface area contributed by atoms with E-state index in [2.05, 4.69) is 10.6 Å². The van der Waals surface area contributed by atoms with E-state index in [0.29, 0.717) is 11.4 Å². The van der Waals surface area contributed by atoms with Crippen molar-refractivity contribution in [3.05, 3.63) is 53.5 Å². The fourth-order valence-electron chi connectivity index (χ4n) is 1.64. The molecule has 0 radical (unpaired) electrons. The SMILES string of the molecule is Cc1ccc(C(=O)O)cc1NC(=O)NCc1ccco1. The number of hydrogen-bond acceptors (Lipinski definition) is 3. The molecule has 0 aliphatic rings. The molecule has 2 rings (SSSR count). The van der Waals surface area contributed by atoms with Crippen LogP contribution in [0.5, 0.6) is 0 Å². The van der Waals surface area contributed by atoms with Gasteiger partial charge < -0.3 is 20.2 Å². The molecule has 6 nitrogen and oxygen atoms in total. The Kier molecular flexibility index (Phi) is 4.05. The smallest absolute Gasteiger partial charge is 0.335 e. The van der Waals surface area contributed by atoms with E-state index in [1.807, 2.05) is 0 Å². The summed E-state index contributed by atoms with van der Waals surface area (Å²) in [5.41, 5.74) is 1.36. The number of aromatic carboxylic acids is 1. The van der Waals surface area contributed by atoms with Gasteiger partial charge in [0.05, 0.1) is 18.4 Å². The van der Waals surface area contributed by atoms with Crippen molar-refractivity contribution in [1.82, 2.24) is 5.32 Å². The Morgan fingerprint density at radius 3 is 2.75 bits per heavy atom. The van der Waals surface area contributed by atoms with Gasteiger partial charge in [-0.05, 0) is 36.8 Å². The summed E-state index contributed by atoms with van der Waals surface area (Å²) in [6.45, 7) is 2.05. The Labute approximate surface area is 115 Å². The quantitative estimate of drug-likeness (QED) is 0.799. The summed E-state index contributed by atoms with van der Waals surface area (Å²) >= 11 is 0. The third-order valence-corrected chi connectivity index (χ3v) is 2.74. The van der Waals surface area contributed by atoms with Crippen molar-refractivity contribution in [3.8, 4) is 0 Å². The van der Waals surface area contributed by atoms with E-state index in [-0.39, 0.29) is 12.1 Å². The average Bonchev–Trinajstić information content (AvgIpc) is 2.92. The van der Waals surface area contributed by atoms with E-state index in [4.69, 9.17) is 9.52 Å². The molecule has 3 N–H and O–H groups in total. The van der Waals surface area contributed by atoms with Crippen LogP contribution >= 0.6 is 0 Å². The Bertz CT molecular complexity index is 620. The second-order valence-electron chi connectivity index (χ2n) is 4.22. The van der Waals surface area contributed by atoms with Gasteiger partial charge in [0.25, 0.3) is 0 Å². The highest BCUT2D eigenvalue weighted by atomic mass is 16.4. The van der Waals surface area contributed by atoms with E-state index in [1.165, 1.54) is 18.4 Å². The van der Waals surface area contributed by atoms with Crippen molar-refractivity contribution in [2.45, 2.75) is 13.5 Å². The Hall–Kier alpha value is -2.76. The summed E-state index contributed by atoms with van der Waals surface area (Å²) in [6.07, 6.45) is 1.52.